The zero-order valence-corrected chi connectivity index (χ0v) is 20.4. The fraction of sp³-hybridized carbons (Fsp3) is 0.609. The van der Waals surface area contributed by atoms with Crippen molar-refractivity contribution >= 4 is 18.0 Å². The molecule has 0 spiro atoms. The topological polar surface area (TPSA) is 133 Å². The summed E-state index contributed by atoms with van der Waals surface area (Å²) in [6.45, 7) is 4.59. The summed E-state index contributed by atoms with van der Waals surface area (Å²) in [5.41, 5.74) is -0.0939. The highest BCUT2D eigenvalue weighted by Gasteiger charge is 2.36. The zero-order chi connectivity index (χ0) is 25.6. The Labute approximate surface area is 200 Å². The molecule has 2 amide bonds. The van der Waals surface area contributed by atoms with E-state index in [-0.39, 0.29) is 26.6 Å². The number of aliphatic hydroxyl groups is 1. The first kappa shape index (κ1) is 29.3. The van der Waals surface area contributed by atoms with E-state index < -0.39 is 42.3 Å². The number of amides is 2. The third-order valence-corrected chi connectivity index (χ3v) is 4.37. The highest BCUT2D eigenvalue weighted by molar-refractivity contribution is 5.90. The van der Waals surface area contributed by atoms with Crippen molar-refractivity contribution in [3.63, 3.8) is 0 Å². The van der Waals surface area contributed by atoms with E-state index in [2.05, 4.69) is 5.32 Å². The Bertz CT molecular complexity index is 753. The number of rotatable bonds is 14. The van der Waals surface area contributed by atoms with Gasteiger partial charge in [-0.05, 0) is 26.3 Å². The van der Waals surface area contributed by atoms with Gasteiger partial charge in [0.1, 0.15) is 18.4 Å². The van der Waals surface area contributed by atoms with E-state index in [0.717, 1.165) is 12.0 Å². The van der Waals surface area contributed by atoms with E-state index >= 15 is 0 Å². The van der Waals surface area contributed by atoms with E-state index in [0.29, 0.717) is 12.2 Å². The summed E-state index contributed by atoms with van der Waals surface area (Å²) in [4.78, 5) is 39.4. The fourth-order valence-corrected chi connectivity index (χ4v) is 2.81. The molecule has 34 heavy (non-hydrogen) atoms. The van der Waals surface area contributed by atoms with Crippen LogP contribution in [-0.4, -0.2) is 93.1 Å². The van der Waals surface area contributed by atoms with Gasteiger partial charge in [-0.1, -0.05) is 30.3 Å². The van der Waals surface area contributed by atoms with Crippen molar-refractivity contribution in [2.45, 2.75) is 45.0 Å². The molecule has 11 nitrogen and oxygen atoms in total. The molecule has 0 fully saturated rings. The molecule has 0 aliphatic rings. The molecule has 192 valence electrons. The molecule has 0 aliphatic heterocycles. The van der Waals surface area contributed by atoms with Crippen molar-refractivity contribution < 1.29 is 43.2 Å². The maximum atomic E-state index is 13.5. The van der Waals surface area contributed by atoms with E-state index in [9.17, 15) is 19.5 Å². The van der Waals surface area contributed by atoms with Crippen LogP contribution in [0.25, 0.3) is 0 Å². The first-order chi connectivity index (χ1) is 16.1. The van der Waals surface area contributed by atoms with E-state index in [1.54, 1.807) is 45.0 Å². The minimum absolute atomic E-state index is 0.0170. The van der Waals surface area contributed by atoms with Gasteiger partial charge < -0.3 is 39.0 Å². The zero-order valence-electron chi connectivity index (χ0n) is 20.4. The third-order valence-electron chi connectivity index (χ3n) is 4.37. The number of esters is 1. The van der Waals surface area contributed by atoms with Crippen LogP contribution in [0.2, 0.25) is 0 Å². The van der Waals surface area contributed by atoms with Gasteiger partial charge in [0.2, 0.25) is 5.91 Å². The number of methoxy groups -OCH3 is 2. The normalized spacial score (nSPS) is 13.0. The van der Waals surface area contributed by atoms with Gasteiger partial charge in [-0.25, -0.2) is 9.59 Å². The van der Waals surface area contributed by atoms with Crippen LogP contribution in [0, 0.1) is 0 Å². The molecule has 0 unspecified atom stereocenters. The number of alkyl carbamates (subject to hydrolysis) is 1. The summed E-state index contributed by atoms with van der Waals surface area (Å²) < 4.78 is 25.6. The second-order valence-electron chi connectivity index (χ2n) is 8.26. The smallest absolute Gasteiger partial charge is 0.408 e. The number of nitrogens with zero attached hydrogens (tertiary/aromatic N) is 1. The first-order valence-corrected chi connectivity index (χ1v) is 10.8. The number of hydrogen-bond acceptors (Lipinski definition) is 9. The Hall–Kier alpha value is -2.73. The SMILES string of the molecule is COCCOCOC[C@@H](NC(=O)OC(C)(C)C)C(=O)N(Cc1ccccc1)[C@@H](CO)C(=O)OC. The van der Waals surface area contributed by atoms with Gasteiger partial charge in [-0.3, -0.25) is 4.79 Å². The lowest BCUT2D eigenvalue weighted by atomic mass is 10.1. The maximum absolute atomic E-state index is 13.5. The molecular formula is C23H36N2O9. The fourth-order valence-electron chi connectivity index (χ4n) is 2.81. The third kappa shape index (κ3) is 10.9. The van der Waals surface area contributed by atoms with Crippen molar-refractivity contribution in [1.29, 1.82) is 0 Å². The van der Waals surface area contributed by atoms with Crippen LogP contribution in [0.1, 0.15) is 26.3 Å². The van der Waals surface area contributed by atoms with Crippen LogP contribution in [0.15, 0.2) is 30.3 Å². The molecule has 0 bridgehead atoms. The molecule has 1 aromatic carbocycles. The molecular weight excluding hydrogens is 448 g/mol. The van der Waals surface area contributed by atoms with Crippen LogP contribution in [0.3, 0.4) is 0 Å². The second-order valence-corrected chi connectivity index (χ2v) is 8.26. The number of carbonyl (C=O) groups is 3. The number of ether oxygens (including phenoxy) is 5. The van der Waals surface area contributed by atoms with E-state index in [1.165, 1.54) is 7.11 Å². The molecule has 0 aliphatic carbocycles. The van der Waals surface area contributed by atoms with E-state index in [4.69, 9.17) is 23.7 Å². The molecule has 0 heterocycles. The average Bonchev–Trinajstić information content (AvgIpc) is 2.79. The Balaban J connectivity index is 3.11. The maximum Gasteiger partial charge on any atom is 0.408 e. The molecule has 0 aromatic heterocycles. The highest BCUT2D eigenvalue weighted by Crippen LogP contribution is 2.13. The predicted octanol–water partition coefficient (Wildman–Crippen LogP) is 1.08. The monoisotopic (exact) mass is 484 g/mol. The standard InChI is InChI=1S/C23H36N2O9/c1-23(2,3)34-22(29)24-18(15-33-16-32-12-11-30-4)20(27)25(19(14-26)21(28)31-5)13-17-9-7-6-8-10-17/h6-10,18-19,26H,11-16H2,1-5H3,(H,24,29)/t18-,19+/m1/s1. The van der Waals surface area contributed by atoms with Crippen LogP contribution in [-0.2, 0) is 39.8 Å². The quantitative estimate of drug-likeness (QED) is 0.226. The summed E-state index contributed by atoms with van der Waals surface area (Å²) in [7, 11) is 2.69. The number of carbonyl (C=O) groups excluding carboxylic acids is 3. The summed E-state index contributed by atoms with van der Waals surface area (Å²) >= 11 is 0. The van der Waals surface area contributed by atoms with Crippen LogP contribution in [0.5, 0.6) is 0 Å². The minimum Gasteiger partial charge on any atom is -0.467 e. The highest BCUT2D eigenvalue weighted by atomic mass is 16.7. The Kier molecular flexibility index (Phi) is 13.1. The van der Waals surface area contributed by atoms with Crippen molar-refractivity contribution in [3.05, 3.63) is 35.9 Å². The van der Waals surface area contributed by atoms with Crippen LogP contribution in [0.4, 0.5) is 4.79 Å². The van der Waals surface area contributed by atoms with Gasteiger partial charge in [0, 0.05) is 13.7 Å². The Morgan fingerprint density at radius 3 is 2.29 bits per heavy atom. The number of nitrogens with one attached hydrogen (secondary N) is 1. The largest absolute Gasteiger partial charge is 0.467 e. The molecule has 0 radical (unpaired) electrons. The number of benzene rings is 1. The van der Waals surface area contributed by atoms with Gasteiger partial charge in [-0.2, -0.15) is 0 Å². The van der Waals surface area contributed by atoms with E-state index in [1.807, 2.05) is 6.07 Å². The Morgan fingerprint density at radius 1 is 1.06 bits per heavy atom. The molecule has 11 heteroatoms. The average molecular weight is 485 g/mol. The molecule has 1 aromatic rings. The van der Waals surface area contributed by atoms with Crippen LogP contribution < -0.4 is 5.32 Å². The molecule has 0 saturated carbocycles. The molecule has 0 saturated heterocycles. The lowest BCUT2D eigenvalue weighted by Crippen LogP contribution is -2.56. The van der Waals surface area contributed by atoms with Crippen molar-refractivity contribution in [1.82, 2.24) is 10.2 Å². The molecule has 2 atom stereocenters. The minimum atomic E-state index is -1.29. The lowest BCUT2D eigenvalue weighted by molar-refractivity contribution is -0.157. The summed E-state index contributed by atoms with van der Waals surface area (Å²) in [6, 6.07) is 6.37. The Morgan fingerprint density at radius 2 is 1.74 bits per heavy atom. The van der Waals surface area contributed by atoms with Crippen LogP contribution >= 0.6 is 0 Å². The molecule has 1 rings (SSSR count). The van der Waals surface area contributed by atoms with Gasteiger partial charge in [0.25, 0.3) is 0 Å². The number of hydrogen-bond donors (Lipinski definition) is 2. The molecule has 2 N–H and O–H groups in total. The predicted molar refractivity (Wildman–Crippen MR) is 122 cm³/mol. The van der Waals surface area contributed by atoms with Crippen molar-refractivity contribution in [2.75, 3.05) is 47.4 Å². The van der Waals surface area contributed by atoms with Crippen molar-refractivity contribution in [2.24, 2.45) is 0 Å². The van der Waals surface area contributed by atoms with Gasteiger partial charge in [0.05, 0.1) is 33.5 Å². The number of aliphatic hydroxyl groups excluding tert-OH is 1. The van der Waals surface area contributed by atoms with Gasteiger partial charge in [-0.15, -0.1) is 0 Å². The second kappa shape index (κ2) is 15.2. The summed E-state index contributed by atoms with van der Waals surface area (Å²) in [6.07, 6.45) is -0.840. The van der Waals surface area contributed by atoms with Gasteiger partial charge >= 0.3 is 12.1 Å². The lowest BCUT2D eigenvalue weighted by Gasteiger charge is -2.32. The summed E-state index contributed by atoms with van der Waals surface area (Å²) in [5, 5.41) is 12.4. The van der Waals surface area contributed by atoms with Gasteiger partial charge in [0.15, 0.2) is 6.04 Å². The summed E-state index contributed by atoms with van der Waals surface area (Å²) in [5.74, 6) is -1.47. The van der Waals surface area contributed by atoms with Crippen molar-refractivity contribution in [3.8, 4) is 0 Å². The first-order valence-electron chi connectivity index (χ1n) is 10.8.